The van der Waals surface area contributed by atoms with Gasteiger partial charge in [0.15, 0.2) is 5.78 Å². The van der Waals surface area contributed by atoms with Gasteiger partial charge in [-0.05, 0) is 31.4 Å². The number of benzene rings is 1. The van der Waals surface area contributed by atoms with Crippen LogP contribution in [0.4, 0.5) is 4.39 Å². The van der Waals surface area contributed by atoms with Crippen molar-refractivity contribution in [2.24, 2.45) is 5.92 Å². The molecule has 0 aromatic heterocycles. The van der Waals surface area contributed by atoms with Crippen LogP contribution in [-0.4, -0.2) is 29.8 Å². The van der Waals surface area contributed by atoms with Crippen LogP contribution < -0.4 is 0 Å². The lowest BCUT2D eigenvalue weighted by atomic mass is 10.1. The topological polar surface area (TPSA) is 20.3 Å². The number of nitrogens with zero attached hydrogens (tertiary/aromatic N) is 1. The van der Waals surface area contributed by atoms with Gasteiger partial charge in [-0.15, -0.1) is 0 Å². The molecule has 1 aliphatic heterocycles. The lowest BCUT2D eigenvalue weighted by molar-refractivity contribution is 0.0962. The number of ketones is 1. The summed E-state index contributed by atoms with van der Waals surface area (Å²) in [4.78, 5) is 14.3. The molecule has 0 N–H and O–H groups in total. The van der Waals surface area contributed by atoms with Crippen LogP contribution in [0.1, 0.15) is 37.0 Å². The van der Waals surface area contributed by atoms with E-state index in [2.05, 4.69) is 18.7 Å². The minimum atomic E-state index is -0.344. The van der Waals surface area contributed by atoms with Gasteiger partial charge in [-0.2, -0.15) is 0 Å². The highest BCUT2D eigenvalue weighted by Crippen LogP contribution is 2.22. The smallest absolute Gasteiger partial charge is 0.164 e. The van der Waals surface area contributed by atoms with Crippen LogP contribution in [0.3, 0.4) is 0 Å². The Kier molecular flexibility index (Phi) is 4.12. The predicted molar refractivity (Wildman–Crippen MR) is 70.2 cm³/mol. The third kappa shape index (κ3) is 3.16. The minimum absolute atomic E-state index is 0.0289. The normalized spacial score (nSPS) is 24.4. The van der Waals surface area contributed by atoms with Gasteiger partial charge in [-0.1, -0.05) is 19.1 Å². The first-order valence-corrected chi connectivity index (χ1v) is 6.59. The molecule has 0 amide bonds. The Balaban J connectivity index is 1.89. The summed E-state index contributed by atoms with van der Waals surface area (Å²) in [6.45, 7) is 6.29. The molecule has 2 nitrogen and oxygen atoms in total. The summed E-state index contributed by atoms with van der Waals surface area (Å²) >= 11 is 0. The van der Waals surface area contributed by atoms with Gasteiger partial charge in [0, 0.05) is 31.1 Å². The quantitative estimate of drug-likeness (QED) is 0.764. The SMILES string of the molecule is CC1CC(C)N(CCC(=O)c2cccc(F)c2)C1. The standard InChI is InChI=1S/C15H20FNO/c1-11-8-12(2)17(10-11)7-6-15(18)13-4-3-5-14(16)9-13/h3-5,9,11-12H,6-8,10H2,1-2H3. The minimum Gasteiger partial charge on any atom is -0.300 e. The second kappa shape index (κ2) is 5.61. The van der Waals surface area contributed by atoms with Crippen LogP contribution in [0.2, 0.25) is 0 Å². The van der Waals surface area contributed by atoms with Crippen LogP contribution in [0.5, 0.6) is 0 Å². The molecule has 1 heterocycles. The molecule has 98 valence electrons. The lowest BCUT2D eigenvalue weighted by Crippen LogP contribution is -2.29. The van der Waals surface area contributed by atoms with E-state index in [1.807, 2.05) is 0 Å². The highest BCUT2D eigenvalue weighted by atomic mass is 19.1. The summed E-state index contributed by atoms with van der Waals surface area (Å²) in [5, 5.41) is 0. The van der Waals surface area contributed by atoms with Crippen molar-refractivity contribution in [1.29, 1.82) is 0 Å². The predicted octanol–water partition coefficient (Wildman–Crippen LogP) is 3.13. The Morgan fingerprint density at radius 3 is 2.83 bits per heavy atom. The van der Waals surface area contributed by atoms with E-state index in [9.17, 15) is 9.18 Å². The van der Waals surface area contributed by atoms with Gasteiger partial charge in [0.25, 0.3) is 0 Å². The second-order valence-corrected chi connectivity index (χ2v) is 5.37. The zero-order valence-corrected chi connectivity index (χ0v) is 11.0. The van der Waals surface area contributed by atoms with Crippen molar-refractivity contribution in [1.82, 2.24) is 4.90 Å². The third-order valence-corrected chi connectivity index (χ3v) is 3.69. The fraction of sp³-hybridized carbons (Fsp3) is 0.533. The largest absolute Gasteiger partial charge is 0.300 e. The first-order valence-electron chi connectivity index (χ1n) is 6.59. The molecular weight excluding hydrogens is 229 g/mol. The maximum absolute atomic E-state index is 13.0. The van der Waals surface area contributed by atoms with Crippen LogP contribution in [-0.2, 0) is 0 Å². The molecule has 0 bridgehead atoms. The number of halogens is 1. The van der Waals surface area contributed by atoms with E-state index in [1.165, 1.54) is 18.6 Å². The first-order chi connectivity index (χ1) is 8.56. The molecule has 2 unspecified atom stereocenters. The summed E-state index contributed by atoms with van der Waals surface area (Å²) in [5.41, 5.74) is 0.481. The summed E-state index contributed by atoms with van der Waals surface area (Å²) in [5.74, 6) is 0.398. The molecule has 0 aliphatic carbocycles. The molecule has 1 aromatic carbocycles. The van der Waals surface area contributed by atoms with Gasteiger partial charge in [-0.25, -0.2) is 4.39 Å². The van der Waals surface area contributed by atoms with Crippen molar-refractivity contribution in [3.8, 4) is 0 Å². The molecule has 1 aliphatic rings. The Hall–Kier alpha value is -1.22. The van der Waals surface area contributed by atoms with Crippen molar-refractivity contribution in [3.63, 3.8) is 0 Å². The van der Waals surface area contributed by atoms with E-state index in [0.717, 1.165) is 13.1 Å². The highest BCUT2D eigenvalue weighted by molar-refractivity contribution is 5.96. The van der Waals surface area contributed by atoms with Gasteiger partial charge < -0.3 is 0 Å². The van der Waals surface area contributed by atoms with E-state index in [-0.39, 0.29) is 11.6 Å². The maximum Gasteiger partial charge on any atom is 0.164 e. The van der Waals surface area contributed by atoms with Gasteiger partial charge in [0.05, 0.1) is 0 Å². The van der Waals surface area contributed by atoms with Crippen molar-refractivity contribution in [3.05, 3.63) is 35.6 Å². The Morgan fingerprint density at radius 2 is 2.22 bits per heavy atom. The fourth-order valence-electron chi connectivity index (χ4n) is 2.75. The zero-order chi connectivity index (χ0) is 13.1. The average molecular weight is 249 g/mol. The molecule has 2 rings (SSSR count). The summed E-state index contributed by atoms with van der Waals surface area (Å²) in [6, 6.07) is 6.50. The molecule has 3 heteroatoms. The Labute approximate surface area is 108 Å². The van der Waals surface area contributed by atoms with Gasteiger partial charge in [0.2, 0.25) is 0 Å². The zero-order valence-electron chi connectivity index (χ0n) is 11.0. The second-order valence-electron chi connectivity index (χ2n) is 5.37. The van der Waals surface area contributed by atoms with E-state index in [4.69, 9.17) is 0 Å². The van der Waals surface area contributed by atoms with E-state index in [0.29, 0.717) is 23.9 Å². The molecule has 2 atom stereocenters. The lowest BCUT2D eigenvalue weighted by Gasteiger charge is -2.20. The van der Waals surface area contributed by atoms with Crippen LogP contribution in [0.25, 0.3) is 0 Å². The molecule has 0 saturated carbocycles. The van der Waals surface area contributed by atoms with Gasteiger partial charge >= 0.3 is 0 Å². The van der Waals surface area contributed by atoms with Crippen molar-refractivity contribution < 1.29 is 9.18 Å². The number of hydrogen-bond acceptors (Lipinski definition) is 2. The molecule has 1 fully saturated rings. The van der Waals surface area contributed by atoms with Crippen LogP contribution in [0, 0.1) is 11.7 Å². The summed E-state index contributed by atoms with van der Waals surface area (Å²) in [6.07, 6.45) is 1.68. The molecule has 1 saturated heterocycles. The van der Waals surface area contributed by atoms with E-state index in [1.54, 1.807) is 12.1 Å². The monoisotopic (exact) mass is 249 g/mol. The van der Waals surface area contributed by atoms with Crippen molar-refractivity contribution in [2.75, 3.05) is 13.1 Å². The number of rotatable bonds is 4. The van der Waals surface area contributed by atoms with Crippen LogP contribution >= 0.6 is 0 Å². The van der Waals surface area contributed by atoms with E-state index >= 15 is 0 Å². The number of Topliss-reactive ketones (excluding diaryl/α,β-unsaturated/α-hetero) is 1. The molecule has 0 radical (unpaired) electrons. The first kappa shape index (κ1) is 13.2. The number of carbonyl (C=O) groups excluding carboxylic acids is 1. The number of likely N-dealkylation sites (tertiary alicyclic amines) is 1. The molecule has 1 aromatic rings. The molecular formula is C15H20FNO. The Morgan fingerprint density at radius 1 is 1.44 bits per heavy atom. The summed E-state index contributed by atoms with van der Waals surface area (Å²) in [7, 11) is 0. The van der Waals surface area contributed by atoms with Gasteiger partial charge in [0.1, 0.15) is 5.82 Å². The third-order valence-electron chi connectivity index (χ3n) is 3.69. The number of hydrogen-bond donors (Lipinski definition) is 0. The van der Waals surface area contributed by atoms with Gasteiger partial charge in [-0.3, -0.25) is 9.69 Å². The van der Waals surface area contributed by atoms with Crippen molar-refractivity contribution >= 4 is 5.78 Å². The maximum atomic E-state index is 13.0. The van der Waals surface area contributed by atoms with Crippen LogP contribution in [0.15, 0.2) is 24.3 Å². The Bertz CT molecular complexity index is 432. The molecule has 0 spiro atoms. The average Bonchev–Trinajstić information content (AvgIpc) is 2.65. The fourth-order valence-corrected chi connectivity index (χ4v) is 2.75. The highest BCUT2D eigenvalue weighted by Gasteiger charge is 2.26. The summed E-state index contributed by atoms with van der Waals surface area (Å²) < 4.78 is 13.0. The van der Waals surface area contributed by atoms with E-state index < -0.39 is 0 Å². The number of carbonyl (C=O) groups is 1. The van der Waals surface area contributed by atoms with Crippen molar-refractivity contribution in [2.45, 2.75) is 32.7 Å². The molecule has 18 heavy (non-hydrogen) atoms.